The molecule has 0 aromatic heterocycles. The highest BCUT2D eigenvalue weighted by Gasteiger charge is 2.30. The van der Waals surface area contributed by atoms with E-state index in [1.165, 1.54) is 0 Å². The van der Waals surface area contributed by atoms with E-state index in [0.717, 1.165) is 51.9 Å². The van der Waals surface area contributed by atoms with Gasteiger partial charge in [-0.2, -0.15) is 0 Å². The molecule has 0 radical (unpaired) electrons. The summed E-state index contributed by atoms with van der Waals surface area (Å²) in [5.41, 5.74) is -0.447. The van der Waals surface area contributed by atoms with Crippen molar-refractivity contribution >= 4 is 12.0 Å². The number of nitrogens with one attached hydrogen (secondary N) is 1. The molecule has 2 rings (SSSR count). The molecule has 1 aliphatic carbocycles. The van der Waals surface area contributed by atoms with Gasteiger partial charge < -0.3 is 15.0 Å². The normalized spacial score (nSPS) is 26.7. The summed E-state index contributed by atoms with van der Waals surface area (Å²) in [7, 11) is 0. The molecule has 23 heavy (non-hydrogen) atoms. The highest BCUT2D eigenvalue weighted by molar-refractivity contribution is 5.73. The molecule has 2 amide bonds. The fourth-order valence-corrected chi connectivity index (χ4v) is 3.46. The quantitative estimate of drug-likeness (QED) is 0.843. The molecule has 1 heterocycles. The van der Waals surface area contributed by atoms with E-state index in [-0.39, 0.29) is 18.0 Å². The number of carbonyl (C=O) groups is 2. The van der Waals surface area contributed by atoms with E-state index in [4.69, 9.17) is 4.74 Å². The smallest absolute Gasteiger partial charge is 0.407 e. The Bertz CT molecular complexity index is 417. The van der Waals surface area contributed by atoms with Gasteiger partial charge in [-0.05, 0) is 46.5 Å². The Morgan fingerprint density at radius 1 is 1.00 bits per heavy atom. The van der Waals surface area contributed by atoms with Crippen LogP contribution in [0.1, 0.15) is 53.4 Å². The minimum absolute atomic E-state index is 0.176. The van der Waals surface area contributed by atoms with E-state index in [1.807, 2.05) is 25.7 Å². The van der Waals surface area contributed by atoms with Crippen molar-refractivity contribution < 1.29 is 14.3 Å². The molecule has 0 unspecified atom stereocenters. The molecule has 6 nitrogen and oxygen atoms in total. The Morgan fingerprint density at radius 2 is 1.57 bits per heavy atom. The molecule has 2 aliphatic rings. The average molecular weight is 325 g/mol. The number of hydrogen-bond acceptors (Lipinski definition) is 4. The zero-order valence-corrected chi connectivity index (χ0v) is 14.9. The fourth-order valence-electron chi connectivity index (χ4n) is 3.46. The predicted molar refractivity (Wildman–Crippen MR) is 89.2 cm³/mol. The van der Waals surface area contributed by atoms with Crippen LogP contribution in [0, 0.1) is 0 Å². The molecular weight excluding hydrogens is 294 g/mol. The topological polar surface area (TPSA) is 61.9 Å². The number of rotatable bonds is 2. The minimum atomic E-state index is -0.447. The molecule has 1 saturated heterocycles. The molecule has 132 valence electrons. The van der Waals surface area contributed by atoms with E-state index in [0.29, 0.717) is 6.04 Å². The lowest BCUT2D eigenvalue weighted by atomic mass is 9.90. The molecule has 0 aromatic rings. The first-order valence-corrected chi connectivity index (χ1v) is 8.73. The third kappa shape index (κ3) is 5.68. The van der Waals surface area contributed by atoms with Crippen LogP contribution in [0.4, 0.5) is 4.79 Å². The summed E-state index contributed by atoms with van der Waals surface area (Å²) in [6.07, 6.45) is 3.88. The first-order valence-electron chi connectivity index (χ1n) is 8.73. The molecule has 0 spiro atoms. The first kappa shape index (κ1) is 18.0. The van der Waals surface area contributed by atoms with Gasteiger partial charge in [0.2, 0.25) is 5.91 Å². The van der Waals surface area contributed by atoms with E-state index >= 15 is 0 Å². The van der Waals surface area contributed by atoms with Gasteiger partial charge in [-0.1, -0.05) is 0 Å². The van der Waals surface area contributed by atoms with Crippen LogP contribution >= 0.6 is 0 Å². The van der Waals surface area contributed by atoms with Gasteiger partial charge in [0.25, 0.3) is 0 Å². The zero-order chi connectivity index (χ0) is 17.0. The Kier molecular flexibility index (Phi) is 5.89. The van der Waals surface area contributed by atoms with Crippen LogP contribution in [0.5, 0.6) is 0 Å². The summed E-state index contributed by atoms with van der Waals surface area (Å²) in [5.74, 6) is 0.176. The number of piperazine rings is 1. The van der Waals surface area contributed by atoms with E-state index < -0.39 is 5.60 Å². The van der Waals surface area contributed by atoms with Crippen LogP contribution < -0.4 is 5.32 Å². The second-order valence-corrected chi connectivity index (χ2v) is 7.69. The lowest BCUT2D eigenvalue weighted by Crippen LogP contribution is -2.53. The van der Waals surface area contributed by atoms with Crippen molar-refractivity contribution in [2.45, 2.75) is 71.1 Å². The van der Waals surface area contributed by atoms with Gasteiger partial charge in [0.1, 0.15) is 5.60 Å². The number of hydrogen-bond donors (Lipinski definition) is 1. The second-order valence-electron chi connectivity index (χ2n) is 7.69. The van der Waals surface area contributed by atoms with Gasteiger partial charge in [0, 0.05) is 45.2 Å². The molecule has 0 atom stereocenters. The van der Waals surface area contributed by atoms with Gasteiger partial charge in [0.05, 0.1) is 0 Å². The number of nitrogens with zero attached hydrogens (tertiary/aromatic N) is 2. The highest BCUT2D eigenvalue weighted by atomic mass is 16.6. The Labute approximate surface area is 139 Å². The molecule has 1 aliphatic heterocycles. The Balaban J connectivity index is 1.70. The summed E-state index contributed by atoms with van der Waals surface area (Å²) in [5, 5.41) is 2.99. The largest absolute Gasteiger partial charge is 0.444 e. The van der Waals surface area contributed by atoms with Crippen molar-refractivity contribution in [3.05, 3.63) is 0 Å². The average Bonchev–Trinajstić information content (AvgIpc) is 2.46. The Hall–Kier alpha value is -1.30. The second kappa shape index (κ2) is 7.51. The molecular formula is C17H31N3O3. The fraction of sp³-hybridized carbons (Fsp3) is 0.882. The van der Waals surface area contributed by atoms with E-state index in [1.54, 1.807) is 6.92 Å². The molecule has 6 heteroatoms. The third-order valence-corrected chi connectivity index (χ3v) is 4.69. The van der Waals surface area contributed by atoms with Crippen LogP contribution in [0.15, 0.2) is 0 Å². The van der Waals surface area contributed by atoms with Crippen LogP contribution in [0.2, 0.25) is 0 Å². The molecule has 0 bridgehead atoms. The van der Waals surface area contributed by atoms with Gasteiger partial charge in [-0.3, -0.25) is 9.69 Å². The van der Waals surface area contributed by atoms with Crippen molar-refractivity contribution in [1.29, 1.82) is 0 Å². The SMILES string of the molecule is CC(=O)N1CCN(C2CCC(NC(=O)OC(C)(C)C)CC2)CC1. The predicted octanol–water partition coefficient (Wildman–Crippen LogP) is 1.99. The monoisotopic (exact) mass is 325 g/mol. The van der Waals surface area contributed by atoms with Gasteiger partial charge in [-0.15, -0.1) is 0 Å². The summed E-state index contributed by atoms with van der Waals surface area (Å²) in [6.45, 7) is 10.9. The minimum Gasteiger partial charge on any atom is -0.444 e. The van der Waals surface area contributed by atoms with Crippen LogP contribution in [-0.2, 0) is 9.53 Å². The highest BCUT2D eigenvalue weighted by Crippen LogP contribution is 2.24. The lowest BCUT2D eigenvalue weighted by molar-refractivity contribution is -0.131. The first-order chi connectivity index (χ1) is 10.7. The molecule has 0 aromatic carbocycles. The molecule has 2 fully saturated rings. The van der Waals surface area contributed by atoms with Crippen molar-refractivity contribution in [3.63, 3.8) is 0 Å². The number of ether oxygens (including phenoxy) is 1. The van der Waals surface area contributed by atoms with Crippen molar-refractivity contribution in [2.75, 3.05) is 26.2 Å². The van der Waals surface area contributed by atoms with E-state index in [2.05, 4.69) is 10.2 Å². The van der Waals surface area contributed by atoms with Gasteiger partial charge >= 0.3 is 6.09 Å². The lowest BCUT2D eigenvalue weighted by Gasteiger charge is -2.41. The maximum Gasteiger partial charge on any atom is 0.407 e. The number of carbonyl (C=O) groups excluding carboxylic acids is 2. The molecule has 1 saturated carbocycles. The van der Waals surface area contributed by atoms with E-state index in [9.17, 15) is 9.59 Å². The Morgan fingerprint density at radius 3 is 2.04 bits per heavy atom. The summed E-state index contributed by atoms with van der Waals surface area (Å²) in [6, 6.07) is 0.806. The van der Waals surface area contributed by atoms with Gasteiger partial charge in [-0.25, -0.2) is 4.79 Å². The third-order valence-electron chi connectivity index (χ3n) is 4.69. The maximum atomic E-state index is 11.8. The van der Waals surface area contributed by atoms with Crippen LogP contribution in [0.3, 0.4) is 0 Å². The number of amides is 2. The van der Waals surface area contributed by atoms with Gasteiger partial charge in [0.15, 0.2) is 0 Å². The summed E-state index contributed by atoms with van der Waals surface area (Å²) >= 11 is 0. The van der Waals surface area contributed by atoms with Crippen molar-refractivity contribution in [2.24, 2.45) is 0 Å². The van der Waals surface area contributed by atoms with Crippen LogP contribution in [0.25, 0.3) is 0 Å². The maximum absolute atomic E-state index is 11.8. The standard InChI is InChI=1S/C17H31N3O3/c1-13(21)19-9-11-20(12-10-19)15-7-5-14(6-8-15)18-16(22)23-17(2,3)4/h14-15H,5-12H2,1-4H3,(H,18,22). The molecule has 1 N–H and O–H groups in total. The van der Waals surface area contributed by atoms with Crippen molar-refractivity contribution in [3.8, 4) is 0 Å². The van der Waals surface area contributed by atoms with Crippen LogP contribution in [-0.4, -0.2) is 65.7 Å². The number of alkyl carbamates (subject to hydrolysis) is 1. The zero-order valence-electron chi connectivity index (χ0n) is 14.9. The van der Waals surface area contributed by atoms with Crippen molar-refractivity contribution in [1.82, 2.24) is 15.1 Å². The summed E-state index contributed by atoms with van der Waals surface area (Å²) in [4.78, 5) is 27.6. The summed E-state index contributed by atoms with van der Waals surface area (Å²) < 4.78 is 5.32.